The van der Waals surface area contributed by atoms with Crippen molar-refractivity contribution < 1.29 is 31.1 Å². The molecule has 0 radical (unpaired) electrons. The van der Waals surface area contributed by atoms with E-state index in [0.29, 0.717) is 17.0 Å². The number of aromatic nitrogens is 2. The third-order valence-electron chi connectivity index (χ3n) is 5.15. The second kappa shape index (κ2) is 8.33. The van der Waals surface area contributed by atoms with E-state index in [0.717, 1.165) is 12.1 Å². The first kappa shape index (κ1) is 21.4. The van der Waals surface area contributed by atoms with Gasteiger partial charge in [-0.1, -0.05) is 0 Å². The van der Waals surface area contributed by atoms with Crippen molar-refractivity contribution in [1.82, 2.24) is 14.9 Å². The maximum absolute atomic E-state index is 13.8. The molecule has 1 aromatic carbocycles. The Balaban J connectivity index is 1.58. The predicted octanol–water partition coefficient (Wildman–Crippen LogP) is 5.74. The average molecular weight is 441 g/mol. The quantitative estimate of drug-likeness (QED) is 0.474. The minimum Gasteiger partial charge on any atom is -0.453 e. The Morgan fingerprint density at radius 3 is 2.39 bits per heavy atom. The lowest BCUT2D eigenvalue weighted by molar-refractivity contribution is -0.0814. The van der Waals surface area contributed by atoms with Crippen molar-refractivity contribution in [2.75, 3.05) is 13.1 Å². The molecular weight excluding hydrogens is 424 g/mol. The van der Waals surface area contributed by atoms with Crippen LogP contribution in [-0.2, 0) is 0 Å². The van der Waals surface area contributed by atoms with Crippen LogP contribution >= 0.6 is 0 Å². The summed E-state index contributed by atoms with van der Waals surface area (Å²) in [6, 6.07) is 4.29. The van der Waals surface area contributed by atoms with E-state index in [-0.39, 0.29) is 30.3 Å². The van der Waals surface area contributed by atoms with Gasteiger partial charge in [-0.15, -0.1) is 0 Å². The van der Waals surface area contributed by atoms with Crippen LogP contribution in [0.2, 0.25) is 0 Å². The van der Waals surface area contributed by atoms with Crippen LogP contribution in [0.15, 0.2) is 42.7 Å². The molecule has 0 bridgehead atoms. The van der Waals surface area contributed by atoms with Crippen LogP contribution in [0.1, 0.15) is 24.6 Å². The lowest BCUT2D eigenvalue weighted by Crippen LogP contribution is -2.43. The number of likely N-dealkylation sites (tertiary alicyclic amines) is 1. The maximum atomic E-state index is 13.8. The number of fused-ring (bicyclic) bond motifs is 1. The smallest absolute Gasteiger partial charge is 0.259 e. The summed E-state index contributed by atoms with van der Waals surface area (Å²) in [5, 5.41) is 0.446. The van der Waals surface area contributed by atoms with E-state index in [2.05, 4.69) is 9.97 Å². The summed E-state index contributed by atoms with van der Waals surface area (Å²) in [6.07, 6.45) is -1.20. The first-order valence-corrected chi connectivity index (χ1v) is 9.50. The van der Waals surface area contributed by atoms with E-state index in [9.17, 15) is 26.3 Å². The summed E-state index contributed by atoms with van der Waals surface area (Å²) >= 11 is 0. The Labute approximate surface area is 173 Å². The molecule has 3 aromatic rings. The number of nitrogens with zero attached hydrogens (tertiary/aromatic N) is 3. The normalized spacial score (nSPS) is 17.8. The van der Waals surface area contributed by atoms with Gasteiger partial charge in [0, 0.05) is 43.6 Å². The van der Waals surface area contributed by atoms with E-state index < -0.39 is 42.9 Å². The molecule has 1 aliphatic heterocycles. The highest BCUT2D eigenvalue weighted by atomic mass is 19.3. The van der Waals surface area contributed by atoms with Crippen molar-refractivity contribution in [3.05, 3.63) is 60.1 Å². The number of alkyl halides is 4. The SMILES string of the molecule is Fc1ccc(Oc2cnc3cc(C(C(F)F)N4CCC(F)(F)CC4)ncc3c2)c(F)c1. The molecule has 0 spiro atoms. The number of halogens is 6. The van der Waals surface area contributed by atoms with Crippen LogP contribution in [0.25, 0.3) is 10.9 Å². The van der Waals surface area contributed by atoms with Crippen LogP contribution in [0, 0.1) is 11.6 Å². The van der Waals surface area contributed by atoms with E-state index >= 15 is 0 Å². The van der Waals surface area contributed by atoms with E-state index in [1.165, 1.54) is 29.4 Å². The molecule has 31 heavy (non-hydrogen) atoms. The summed E-state index contributed by atoms with van der Waals surface area (Å²) in [6.45, 7) is -0.323. The van der Waals surface area contributed by atoms with Gasteiger partial charge in [-0.25, -0.2) is 26.3 Å². The van der Waals surface area contributed by atoms with Crippen molar-refractivity contribution in [1.29, 1.82) is 0 Å². The standard InChI is InChI=1S/C21H17F6N3O/c22-13-1-2-18(15(23)8-13)31-14-7-12-10-28-17(9-16(12)29-11-14)19(20(24)25)30-5-3-21(26,27)4-6-30/h1-2,7-11,19-20H,3-6H2. The van der Waals surface area contributed by atoms with Gasteiger partial charge in [0.1, 0.15) is 17.6 Å². The van der Waals surface area contributed by atoms with E-state index in [4.69, 9.17) is 4.74 Å². The molecule has 164 valence electrons. The number of pyridine rings is 2. The molecule has 0 aliphatic carbocycles. The van der Waals surface area contributed by atoms with Crippen molar-refractivity contribution >= 4 is 10.9 Å². The van der Waals surface area contributed by atoms with E-state index in [1.807, 2.05) is 0 Å². The molecule has 2 aromatic heterocycles. The molecule has 4 rings (SSSR count). The van der Waals surface area contributed by atoms with Gasteiger partial charge in [-0.3, -0.25) is 14.9 Å². The molecule has 1 saturated heterocycles. The van der Waals surface area contributed by atoms with Crippen molar-refractivity contribution in [2.24, 2.45) is 0 Å². The minimum absolute atomic E-state index is 0.0264. The second-order valence-electron chi connectivity index (χ2n) is 7.32. The van der Waals surface area contributed by atoms with Crippen molar-refractivity contribution in [3.8, 4) is 11.5 Å². The molecule has 4 nitrogen and oxygen atoms in total. The van der Waals surface area contributed by atoms with Gasteiger partial charge in [-0.2, -0.15) is 0 Å². The lowest BCUT2D eigenvalue weighted by atomic mass is 10.0. The van der Waals surface area contributed by atoms with Gasteiger partial charge in [0.15, 0.2) is 11.6 Å². The number of benzene rings is 1. The molecule has 1 atom stereocenters. The van der Waals surface area contributed by atoms with Crippen LogP contribution in [0.4, 0.5) is 26.3 Å². The maximum Gasteiger partial charge on any atom is 0.259 e. The molecule has 1 fully saturated rings. The third kappa shape index (κ3) is 4.73. The molecule has 3 heterocycles. The highest BCUT2D eigenvalue weighted by Gasteiger charge is 2.39. The number of hydrogen-bond acceptors (Lipinski definition) is 4. The summed E-state index contributed by atoms with van der Waals surface area (Å²) in [5.41, 5.74) is 0.364. The van der Waals surface area contributed by atoms with Gasteiger partial charge < -0.3 is 4.74 Å². The van der Waals surface area contributed by atoms with E-state index in [1.54, 1.807) is 0 Å². The van der Waals surface area contributed by atoms with Gasteiger partial charge in [0.25, 0.3) is 12.3 Å². The fourth-order valence-corrected chi connectivity index (χ4v) is 3.52. The molecule has 10 heteroatoms. The molecule has 0 saturated carbocycles. The zero-order valence-corrected chi connectivity index (χ0v) is 16.0. The Morgan fingerprint density at radius 1 is 0.968 bits per heavy atom. The molecule has 0 amide bonds. The monoisotopic (exact) mass is 441 g/mol. The predicted molar refractivity (Wildman–Crippen MR) is 100 cm³/mol. The summed E-state index contributed by atoms with van der Waals surface area (Å²) in [4.78, 5) is 9.55. The lowest BCUT2D eigenvalue weighted by Gasteiger charge is -2.36. The Morgan fingerprint density at radius 2 is 1.71 bits per heavy atom. The zero-order valence-electron chi connectivity index (χ0n) is 16.0. The second-order valence-corrected chi connectivity index (χ2v) is 7.32. The van der Waals surface area contributed by atoms with Crippen LogP contribution in [0.3, 0.4) is 0 Å². The van der Waals surface area contributed by atoms with Crippen LogP contribution in [0.5, 0.6) is 11.5 Å². The Kier molecular flexibility index (Phi) is 5.74. The molecule has 0 N–H and O–H groups in total. The number of ether oxygens (including phenoxy) is 1. The number of rotatable bonds is 5. The summed E-state index contributed by atoms with van der Waals surface area (Å²) in [7, 11) is 0. The number of piperidine rings is 1. The largest absolute Gasteiger partial charge is 0.453 e. The van der Waals surface area contributed by atoms with Gasteiger partial charge >= 0.3 is 0 Å². The highest BCUT2D eigenvalue weighted by Crippen LogP contribution is 2.35. The first-order chi connectivity index (χ1) is 14.7. The zero-order chi connectivity index (χ0) is 22.2. The fourth-order valence-electron chi connectivity index (χ4n) is 3.52. The molecular formula is C21H17F6N3O. The van der Waals surface area contributed by atoms with Crippen molar-refractivity contribution in [3.63, 3.8) is 0 Å². The van der Waals surface area contributed by atoms with Gasteiger partial charge in [-0.05, 0) is 24.3 Å². The number of hydrogen-bond donors (Lipinski definition) is 0. The van der Waals surface area contributed by atoms with Gasteiger partial charge in [0.2, 0.25) is 0 Å². The summed E-state index contributed by atoms with van der Waals surface area (Å²) in [5.74, 6) is -4.53. The molecule has 1 aliphatic rings. The Bertz CT molecular complexity index is 1080. The third-order valence-corrected chi connectivity index (χ3v) is 5.15. The first-order valence-electron chi connectivity index (χ1n) is 9.50. The average Bonchev–Trinajstić information content (AvgIpc) is 2.71. The fraction of sp³-hybridized carbons (Fsp3) is 0.333. The topological polar surface area (TPSA) is 38.2 Å². The van der Waals surface area contributed by atoms with Crippen LogP contribution in [-0.4, -0.2) is 40.3 Å². The summed E-state index contributed by atoms with van der Waals surface area (Å²) < 4.78 is 86.5. The van der Waals surface area contributed by atoms with Gasteiger partial charge in [0.05, 0.1) is 17.4 Å². The minimum atomic E-state index is -2.85. The highest BCUT2D eigenvalue weighted by molar-refractivity contribution is 5.79. The Hall–Kier alpha value is -2.88. The van der Waals surface area contributed by atoms with Crippen molar-refractivity contribution in [2.45, 2.75) is 31.2 Å². The van der Waals surface area contributed by atoms with Crippen LogP contribution < -0.4 is 4.74 Å². The molecule has 1 unspecified atom stereocenters.